The zero-order chi connectivity index (χ0) is 14.5. The molecule has 101 valence electrons. The average Bonchev–Trinajstić information content (AvgIpc) is 2.41. The van der Waals surface area contributed by atoms with E-state index in [9.17, 15) is 9.59 Å². The molecule has 2 aromatic carbocycles. The molecular formula is C14H9I2N2O2. The van der Waals surface area contributed by atoms with Gasteiger partial charge in [0.25, 0.3) is 0 Å². The topological polar surface area (TPSA) is 49.4 Å². The van der Waals surface area contributed by atoms with Crippen LogP contribution in [0.2, 0.25) is 0 Å². The number of imide groups is 1. The zero-order valence-electron chi connectivity index (χ0n) is 10.1. The van der Waals surface area contributed by atoms with Crippen molar-refractivity contribution < 1.29 is 9.59 Å². The summed E-state index contributed by atoms with van der Waals surface area (Å²) in [5.41, 5.74) is 1.14. The van der Waals surface area contributed by atoms with Gasteiger partial charge in [-0.25, -0.2) is 9.69 Å². The highest BCUT2D eigenvalue weighted by Crippen LogP contribution is 2.22. The fourth-order valence-electron chi connectivity index (χ4n) is 1.58. The van der Waals surface area contributed by atoms with Crippen LogP contribution in [0, 0.1) is 7.14 Å². The van der Waals surface area contributed by atoms with Gasteiger partial charge in [-0.3, -0.25) is 4.79 Å². The highest BCUT2D eigenvalue weighted by atomic mass is 127. The van der Waals surface area contributed by atoms with Crippen LogP contribution in [0.25, 0.3) is 0 Å². The van der Waals surface area contributed by atoms with Gasteiger partial charge in [0.15, 0.2) is 0 Å². The number of benzene rings is 2. The van der Waals surface area contributed by atoms with Crippen molar-refractivity contribution in [3.05, 3.63) is 55.7 Å². The van der Waals surface area contributed by atoms with Crippen molar-refractivity contribution in [2.24, 2.45) is 0 Å². The van der Waals surface area contributed by atoms with Crippen LogP contribution >= 0.6 is 45.2 Å². The van der Waals surface area contributed by atoms with Crippen molar-refractivity contribution in [3.8, 4) is 0 Å². The fraction of sp³-hybridized carbons (Fsp3) is 0. The summed E-state index contributed by atoms with van der Waals surface area (Å²) in [5.74, 6) is 0. The maximum absolute atomic E-state index is 12.2. The smallest absolute Gasteiger partial charge is 0.307 e. The number of nitrogens with one attached hydrogen (secondary N) is 1. The molecule has 3 amide bonds. The van der Waals surface area contributed by atoms with Gasteiger partial charge in [0, 0.05) is 12.8 Å². The van der Waals surface area contributed by atoms with Crippen molar-refractivity contribution in [2.45, 2.75) is 0 Å². The van der Waals surface area contributed by atoms with Gasteiger partial charge in [0.05, 0.1) is 5.69 Å². The van der Waals surface area contributed by atoms with Crippen molar-refractivity contribution in [1.29, 1.82) is 0 Å². The third-order valence-corrected chi connectivity index (χ3v) is 4.05. The largest absolute Gasteiger partial charge is 0.333 e. The molecule has 0 aliphatic rings. The van der Waals surface area contributed by atoms with Gasteiger partial charge in [0.2, 0.25) is 0 Å². The number of amides is 3. The van der Waals surface area contributed by atoms with Crippen LogP contribution in [0.3, 0.4) is 0 Å². The number of para-hydroxylation sites is 1. The second kappa shape index (κ2) is 7.02. The van der Waals surface area contributed by atoms with E-state index in [2.05, 4.69) is 50.5 Å². The third-order valence-electron chi connectivity index (χ3n) is 2.46. The molecule has 20 heavy (non-hydrogen) atoms. The van der Waals surface area contributed by atoms with E-state index in [1.54, 1.807) is 24.6 Å². The summed E-state index contributed by atoms with van der Waals surface area (Å²) >= 11 is 4.22. The SMILES string of the molecule is O=[C]N(C(=O)Nc1cccc(I)c1)c1ccccc1I. The van der Waals surface area contributed by atoms with Crippen LogP contribution < -0.4 is 10.2 Å². The molecule has 0 unspecified atom stereocenters. The van der Waals surface area contributed by atoms with Crippen molar-refractivity contribution >= 4 is 69.0 Å². The van der Waals surface area contributed by atoms with E-state index in [1.807, 2.05) is 30.3 Å². The molecule has 0 aliphatic carbocycles. The molecule has 0 spiro atoms. The number of halogens is 2. The second-order valence-corrected chi connectivity index (χ2v) is 6.23. The number of carbonyl (C=O) groups is 1. The molecule has 0 heterocycles. The zero-order valence-corrected chi connectivity index (χ0v) is 14.5. The lowest BCUT2D eigenvalue weighted by atomic mass is 10.3. The molecule has 4 nitrogen and oxygen atoms in total. The highest BCUT2D eigenvalue weighted by molar-refractivity contribution is 14.1. The minimum atomic E-state index is -0.536. The van der Waals surface area contributed by atoms with E-state index in [-0.39, 0.29) is 0 Å². The summed E-state index contributed by atoms with van der Waals surface area (Å²) in [5, 5.41) is 2.68. The van der Waals surface area contributed by atoms with E-state index < -0.39 is 6.03 Å². The Morgan fingerprint density at radius 2 is 1.85 bits per heavy atom. The predicted molar refractivity (Wildman–Crippen MR) is 95.5 cm³/mol. The van der Waals surface area contributed by atoms with E-state index in [0.29, 0.717) is 11.4 Å². The Balaban J connectivity index is 2.22. The molecule has 0 fully saturated rings. The van der Waals surface area contributed by atoms with Crippen LogP contribution in [-0.2, 0) is 4.79 Å². The maximum atomic E-state index is 12.2. The average molecular weight is 491 g/mol. The van der Waals surface area contributed by atoms with Crippen LogP contribution in [0.4, 0.5) is 16.2 Å². The van der Waals surface area contributed by atoms with Crippen LogP contribution in [-0.4, -0.2) is 12.4 Å². The fourth-order valence-corrected chi connectivity index (χ4v) is 2.75. The first-order chi connectivity index (χ1) is 9.61. The Morgan fingerprint density at radius 1 is 1.10 bits per heavy atom. The van der Waals surface area contributed by atoms with Gasteiger partial charge in [-0.2, -0.15) is 0 Å². The normalized spacial score (nSPS) is 9.90. The maximum Gasteiger partial charge on any atom is 0.333 e. The lowest BCUT2D eigenvalue weighted by Crippen LogP contribution is -2.34. The van der Waals surface area contributed by atoms with Crippen LogP contribution in [0.5, 0.6) is 0 Å². The first-order valence-corrected chi connectivity index (χ1v) is 7.76. The summed E-state index contributed by atoms with van der Waals surface area (Å²) < 4.78 is 1.79. The lowest BCUT2D eigenvalue weighted by Gasteiger charge is -2.17. The molecule has 0 bridgehead atoms. The monoisotopic (exact) mass is 491 g/mol. The molecule has 2 aromatic rings. The van der Waals surface area contributed by atoms with E-state index in [0.717, 1.165) is 12.0 Å². The molecule has 0 aromatic heterocycles. The summed E-state index contributed by atoms with van der Waals surface area (Å²) in [6.45, 7) is 0. The van der Waals surface area contributed by atoms with Gasteiger partial charge in [-0.1, -0.05) is 18.2 Å². The summed E-state index contributed by atoms with van der Waals surface area (Å²) in [6.07, 6.45) is 1.66. The quantitative estimate of drug-likeness (QED) is 0.522. The summed E-state index contributed by atoms with van der Waals surface area (Å²) in [6, 6.07) is 13.9. The number of carbonyl (C=O) groups excluding carboxylic acids is 2. The number of nitrogens with zero attached hydrogens (tertiary/aromatic N) is 1. The van der Waals surface area contributed by atoms with Gasteiger partial charge in [-0.05, 0) is 75.5 Å². The van der Waals surface area contributed by atoms with E-state index in [1.165, 1.54) is 0 Å². The lowest BCUT2D eigenvalue weighted by molar-refractivity contribution is 0.259. The van der Waals surface area contributed by atoms with Crippen LogP contribution in [0.15, 0.2) is 48.5 Å². The summed E-state index contributed by atoms with van der Waals surface area (Å²) in [4.78, 5) is 24.2. The van der Waals surface area contributed by atoms with Gasteiger partial charge in [0.1, 0.15) is 0 Å². The Labute approximate surface area is 143 Å². The van der Waals surface area contributed by atoms with Crippen LogP contribution in [0.1, 0.15) is 0 Å². The highest BCUT2D eigenvalue weighted by Gasteiger charge is 2.18. The third kappa shape index (κ3) is 3.69. The Kier molecular flexibility index (Phi) is 5.35. The van der Waals surface area contributed by atoms with Crippen molar-refractivity contribution in [2.75, 3.05) is 10.2 Å². The number of anilines is 2. The minimum Gasteiger partial charge on any atom is -0.307 e. The molecule has 0 aliphatic heterocycles. The second-order valence-electron chi connectivity index (χ2n) is 3.82. The number of hydrogen-bond acceptors (Lipinski definition) is 2. The molecule has 0 saturated carbocycles. The molecule has 0 atom stereocenters. The van der Waals surface area contributed by atoms with Gasteiger partial charge in [-0.15, -0.1) is 0 Å². The number of urea groups is 1. The standard InChI is InChI=1S/C14H9I2N2O2/c15-10-4-3-5-11(8-10)17-14(20)18(9-19)13-7-2-1-6-12(13)16/h1-8H,(H,17,20). The summed E-state index contributed by atoms with van der Waals surface area (Å²) in [7, 11) is 0. The Bertz CT molecular complexity index is 647. The molecule has 6 heteroatoms. The van der Waals surface area contributed by atoms with E-state index in [4.69, 9.17) is 0 Å². The number of hydrogen-bond donors (Lipinski definition) is 1. The molecule has 0 saturated heterocycles. The minimum absolute atomic E-state index is 0.506. The Morgan fingerprint density at radius 3 is 2.50 bits per heavy atom. The number of rotatable bonds is 3. The molecule has 2 rings (SSSR count). The van der Waals surface area contributed by atoms with Gasteiger partial charge >= 0.3 is 12.4 Å². The predicted octanol–water partition coefficient (Wildman–Crippen LogP) is 4.00. The van der Waals surface area contributed by atoms with Gasteiger partial charge < -0.3 is 5.32 Å². The molecule has 1 N–H and O–H groups in total. The first kappa shape index (κ1) is 15.2. The van der Waals surface area contributed by atoms with Crippen molar-refractivity contribution in [3.63, 3.8) is 0 Å². The van der Waals surface area contributed by atoms with Crippen molar-refractivity contribution in [1.82, 2.24) is 0 Å². The first-order valence-electron chi connectivity index (χ1n) is 5.61. The molecular weight excluding hydrogens is 482 g/mol. The van der Waals surface area contributed by atoms with E-state index >= 15 is 0 Å². The Hall–Kier alpha value is -1.16. The molecule has 1 radical (unpaired) electrons.